The molecule has 1 aliphatic heterocycles. The first-order chi connectivity index (χ1) is 25.7. The minimum Gasteiger partial charge on any atom is -0.456 e. The second kappa shape index (κ2) is 11.3. The lowest BCUT2D eigenvalue weighted by Gasteiger charge is -2.25. The van der Waals surface area contributed by atoms with E-state index in [2.05, 4.69) is 139 Å². The van der Waals surface area contributed by atoms with Crippen LogP contribution >= 0.6 is 0 Å². The number of para-hydroxylation sites is 2. The molecular formula is C47H29N3O2. The normalized spacial score (nSPS) is 14.7. The van der Waals surface area contributed by atoms with Crippen molar-refractivity contribution in [2.24, 2.45) is 9.98 Å². The van der Waals surface area contributed by atoms with Crippen LogP contribution in [0.5, 0.6) is 0 Å². The quantitative estimate of drug-likeness (QED) is 0.203. The molecule has 0 aliphatic carbocycles. The molecule has 5 heteroatoms. The Hall–Kier alpha value is -6.98. The standard InChI is InChI=1S/C47H29N3O2/c1-3-11-30-25-33(19-17-28(30)9-1)45-48-46(34-20-18-29-10-2-4-12-31(29)26-34)50-47(49-45)44-35(23-24-41-43(44)38-14-6-8-16-40(38)51-41)32-21-22-37-36-13-5-7-15-39(36)52-42(37)27-32/h1-27,45H,(H,48,49,50). The zero-order valence-electron chi connectivity index (χ0n) is 27.9. The maximum Gasteiger partial charge on any atom is 0.160 e. The predicted octanol–water partition coefficient (Wildman–Crippen LogP) is 12.0. The molecule has 1 N–H and O–H groups in total. The number of amidine groups is 2. The zero-order chi connectivity index (χ0) is 34.2. The van der Waals surface area contributed by atoms with Gasteiger partial charge in [0.2, 0.25) is 0 Å². The van der Waals surface area contributed by atoms with E-state index in [0.717, 1.165) is 88.3 Å². The molecule has 2 aromatic heterocycles. The molecule has 0 bridgehead atoms. The molecule has 1 atom stereocenters. The smallest absolute Gasteiger partial charge is 0.160 e. The summed E-state index contributed by atoms with van der Waals surface area (Å²) in [7, 11) is 0. The minimum atomic E-state index is -0.391. The summed E-state index contributed by atoms with van der Waals surface area (Å²) >= 11 is 0. The number of hydrogen-bond acceptors (Lipinski definition) is 5. The van der Waals surface area contributed by atoms with Crippen LogP contribution in [0, 0.1) is 0 Å². The number of nitrogens with one attached hydrogen (secondary N) is 1. The van der Waals surface area contributed by atoms with E-state index in [-0.39, 0.29) is 0 Å². The number of fused-ring (bicyclic) bond motifs is 8. The van der Waals surface area contributed by atoms with Gasteiger partial charge in [-0.25, -0.2) is 9.98 Å². The van der Waals surface area contributed by atoms with Crippen LogP contribution < -0.4 is 5.32 Å². The Kier molecular flexibility index (Phi) is 6.25. The highest BCUT2D eigenvalue weighted by atomic mass is 16.3. The summed E-state index contributed by atoms with van der Waals surface area (Å²) in [6, 6.07) is 56.9. The molecule has 52 heavy (non-hydrogen) atoms. The first-order valence-corrected chi connectivity index (χ1v) is 17.5. The molecule has 0 saturated heterocycles. The second-order valence-electron chi connectivity index (χ2n) is 13.4. The molecule has 0 amide bonds. The van der Waals surface area contributed by atoms with Crippen molar-refractivity contribution in [3.63, 3.8) is 0 Å². The van der Waals surface area contributed by atoms with E-state index < -0.39 is 6.17 Å². The lowest BCUT2D eigenvalue weighted by molar-refractivity contribution is 0.668. The first kappa shape index (κ1) is 28.8. The van der Waals surface area contributed by atoms with Crippen molar-refractivity contribution >= 4 is 77.1 Å². The van der Waals surface area contributed by atoms with Gasteiger partial charge in [-0.2, -0.15) is 0 Å². The Bertz CT molecular complexity index is 3130. The molecule has 0 radical (unpaired) electrons. The third-order valence-corrected chi connectivity index (χ3v) is 10.3. The van der Waals surface area contributed by atoms with Gasteiger partial charge in [-0.05, 0) is 86.8 Å². The molecule has 3 heterocycles. The Labute approximate surface area is 298 Å². The third kappa shape index (κ3) is 4.56. The highest BCUT2D eigenvalue weighted by Crippen LogP contribution is 2.40. The largest absolute Gasteiger partial charge is 0.456 e. The van der Waals surface area contributed by atoms with Crippen LogP contribution in [0.25, 0.3) is 76.5 Å². The average Bonchev–Trinajstić information content (AvgIpc) is 3.78. The number of furan rings is 2. The molecular weight excluding hydrogens is 639 g/mol. The van der Waals surface area contributed by atoms with Gasteiger partial charge in [0.15, 0.2) is 5.84 Å². The summed E-state index contributed by atoms with van der Waals surface area (Å²) in [6.45, 7) is 0. The van der Waals surface area contributed by atoms with Crippen LogP contribution in [-0.2, 0) is 0 Å². The van der Waals surface area contributed by atoms with Crippen molar-refractivity contribution in [2.45, 2.75) is 6.17 Å². The van der Waals surface area contributed by atoms with E-state index >= 15 is 0 Å². The van der Waals surface area contributed by atoms with Crippen LogP contribution in [0.1, 0.15) is 22.9 Å². The number of hydrogen-bond donors (Lipinski definition) is 1. The monoisotopic (exact) mass is 667 g/mol. The summed E-state index contributed by atoms with van der Waals surface area (Å²) in [5.74, 6) is 1.40. The van der Waals surface area contributed by atoms with Gasteiger partial charge in [0.1, 0.15) is 34.3 Å². The summed E-state index contributed by atoms with van der Waals surface area (Å²) in [5, 5.41) is 12.6. The van der Waals surface area contributed by atoms with Gasteiger partial charge in [-0.15, -0.1) is 0 Å². The Balaban J connectivity index is 1.18. The maximum absolute atomic E-state index is 6.47. The van der Waals surface area contributed by atoms with Gasteiger partial charge in [0.05, 0.1) is 0 Å². The summed E-state index contributed by atoms with van der Waals surface area (Å²) in [5.41, 5.74) is 8.30. The van der Waals surface area contributed by atoms with Gasteiger partial charge in [-0.1, -0.05) is 115 Å². The van der Waals surface area contributed by atoms with Gasteiger partial charge in [-0.3, -0.25) is 0 Å². The van der Waals surface area contributed by atoms with Gasteiger partial charge in [0, 0.05) is 32.7 Å². The van der Waals surface area contributed by atoms with Crippen LogP contribution in [0.3, 0.4) is 0 Å². The zero-order valence-corrected chi connectivity index (χ0v) is 27.9. The molecule has 244 valence electrons. The summed E-state index contributed by atoms with van der Waals surface area (Å²) in [6.07, 6.45) is -0.391. The highest BCUT2D eigenvalue weighted by molar-refractivity contribution is 6.25. The third-order valence-electron chi connectivity index (χ3n) is 10.3. The van der Waals surface area contributed by atoms with E-state index in [4.69, 9.17) is 18.8 Å². The molecule has 10 aromatic rings. The molecule has 8 aromatic carbocycles. The molecule has 11 rings (SSSR count). The van der Waals surface area contributed by atoms with Gasteiger partial charge >= 0.3 is 0 Å². The topological polar surface area (TPSA) is 63.0 Å². The first-order valence-electron chi connectivity index (χ1n) is 17.5. The fraction of sp³-hybridized carbons (Fsp3) is 0.0213. The SMILES string of the molecule is c1ccc2cc(C3=NC(c4c(-c5ccc6c(c5)oc5ccccc56)ccc5oc6ccccc6c45)=NC(c4ccc5ccccc5c4)N3)ccc2c1. The van der Waals surface area contributed by atoms with Gasteiger partial charge in [0.25, 0.3) is 0 Å². The molecule has 0 spiro atoms. The number of benzene rings is 8. The summed E-state index contributed by atoms with van der Waals surface area (Å²) < 4.78 is 12.8. The van der Waals surface area contributed by atoms with E-state index in [0.29, 0.717) is 5.84 Å². The minimum absolute atomic E-state index is 0.391. The fourth-order valence-electron chi connectivity index (χ4n) is 7.77. The highest BCUT2D eigenvalue weighted by Gasteiger charge is 2.27. The van der Waals surface area contributed by atoms with E-state index in [1.165, 1.54) is 10.8 Å². The Morgan fingerprint density at radius 1 is 0.462 bits per heavy atom. The van der Waals surface area contributed by atoms with Crippen LogP contribution in [0.2, 0.25) is 0 Å². The van der Waals surface area contributed by atoms with Crippen molar-refractivity contribution in [3.8, 4) is 11.1 Å². The van der Waals surface area contributed by atoms with Crippen LogP contribution in [-0.4, -0.2) is 11.7 Å². The lowest BCUT2D eigenvalue weighted by Crippen LogP contribution is -2.33. The fourth-order valence-corrected chi connectivity index (χ4v) is 7.77. The van der Waals surface area contributed by atoms with E-state index in [1.54, 1.807) is 0 Å². The molecule has 0 fully saturated rings. The maximum atomic E-state index is 6.47. The van der Waals surface area contributed by atoms with Crippen LogP contribution in [0.15, 0.2) is 183 Å². The van der Waals surface area contributed by atoms with Gasteiger partial charge < -0.3 is 14.2 Å². The van der Waals surface area contributed by atoms with Crippen LogP contribution in [0.4, 0.5) is 0 Å². The number of aliphatic imine (C=N–C) groups is 2. The van der Waals surface area contributed by atoms with E-state index in [9.17, 15) is 0 Å². The van der Waals surface area contributed by atoms with Crippen molar-refractivity contribution < 1.29 is 8.83 Å². The second-order valence-corrected chi connectivity index (χ2v) is 13.4. The number of nitrogens with zero attached hydrogens (tertiary/aromatic N) is 2. The lowest BCUT2D eigenvalue weighted by atomic mass is 9.93. The Morgan fingerprint density at radius 3 is 1.92 bits per heavy atom. The van der Waals surface area contributed by atoms with Crippen molar-refractivity contribution in [2.75, 3.05) is 0 Å². The Morgan fingerprint density at radius 2 is 1.10 bits per heavy atom. The summed E-state index contributed by atoms with van der Waals surface area (Å²) in [4.78, 5) is 10.8. The van der Waals surface area contributed by atoms with E-state index in [1.807, 2.05) is 30.3 Å². The molecule has 1 aliphatic rings. The molecule has 0 saturated carbocycles. The van der Waals surface area contributed by atoms with Crippen molar-refractivity contribution in [1.82, 2.24) is 5.32 Å². The molecule has 5 nitrogen and oxygen atoms in total. The molecule has 1 unspecified atom stereocenters. The predicted molar refractivity (Wildman–Crippen MR) is 213 cm³/mol. The van der Waals surface area contributed by atoms with Crippen molar-refractivity contribution in [1.29, 1.82) is 0 Å². The number of rotatable bonds is 4. The average molecular weight is 668 g/mol. The van der Waals surface area contributed by atoms with Crippen molar-refractivity contribution in [3.05, 3.63) is 180 Å².